The predicted molar refractivity (Wildman–Crippen MR) is 121 cm³/mol. The second-order valence-electron chi connectivity index (χ2n) is 9.16. The number of hydrogen-bond donors (Lipinski definition) is 2. The van der Waals surface area contributed by atoms with Crippen molar-refractivity contribution in [3.8, 4) is 0 Å². The van der Waals surface area contributed by atoms with Crippen molar-refractivity contribution in [2.45, 2.75) is 69.4 Å². The number of nitrogens with zero attached hydrogens (tertiary/aromatic N) is 3. The molecule has 2 aliphatic heterocycles. The Morgan fingerprint density at radius 1 is 1.10 bits per heavy atom. The molecule has 3 heterocycles. The molecule has 0 amide bonds. The van der Waals surface area contributed by atoms with Crippen LogP contribution < -0.4 is 4.72 Å². The molecule has 2 N–H and O–H groups in total. The van der Waals surface area contributed by atoms with E-state index in [1.807, 2.05) is 6.20 Å². The van der Waals surface area contributed by atoms with E-state index in [0.29, 0.717) is 0 Å². The third-order valence-electron chi connectivity index (χ3n) is 7.06. The van der Waals surface area contributed by atoms with Crippen LogP contribution in [-0.4, -0.2) is 53.6 Å². The molecule has 1 saturated heterocycles. The molecule has 0 unspecified atom stereocenters. The fourth-order valence-corrected chi connectivity index (χ4v) is 6.06. The van der Waals surface area contributed by atoms with Gasteiger partial charge in [-0.1, -0.05) is 43.5 Å². The Balaban J connectivity index is 0.000000180. The minimum Gasteiger partial charge on any atom is -0.334 e. The number of likely N-dealkylation sites (tertiary alicyclic amines) is 1. The molecule has 1 aromatic carbocycles. The van der Waals surface area contributed by atoms with Crippen molar-refractivity contribution in [2.24, 2.45) is 0 Å². The Labute approximate surface area is 185 Å². The SMILES string of the molecule is CN1CCC2(CC1)c1ccccc1CCn1ccnc12.O=S(=O)(O)NC1CCCCC1. The molecule has 3 aliphatic rings. The highest BCUT2D eigenvalue weighted by atomic mass is 32.2. The predicted octanol–water partition coefficient (Wildman–Crippen LogP) is 3.16. The van der Waals surface area contributed by atoms with Crippen LogP contribution >= 0.6 is 0 Å². The average Bonchev–Trinajstić information content (AvgIpc) is 3.18. The summed E-state index contributed by atoms with van der Waals surface area (Å²) in [6.07, 6.45) is 12.6. The van der Waals surface area contributed by atoms with E-state index in [9.17, 15) is 8.42 Å². The monoisotopic (exact) mass is 446 g/mol. The van der Waals surface area contributed by atoms with Crippen LogP contribution in [0.2, 0.25) is 0 Å². The van der Waals surface area contributed by atoms with Gasteiger partial charge in [-0.15, -0.1) is 0 Å². The van der Waals surface area contributed by atoms with E-state index in [0.717, 1.165) is 51.7 Å². The lowest BCUT2D eigenvalue weighted by atomic mass is 9.70. The normalized spacial score (nSPS) is 21.5. The zero-order chi connectivity index (χ0) is 21.9. The fourth-order valence-electron chi connectivity index (χ4n) is 5.40. The standard InChI is InChI=1S/C17H21N3.C6H13NO3S/c1-19-11-7-17(8-12-19)15-5-3-2-4-14(15)6-10-20-13-9-18-16(17)20;8-11(9,10)7-6-4-2-1-3-5-6/h2-5,9,13H,6-8,10-12H2,1H3;6-7H,1-5H2,(H,8,9,10). The van der Waals surface area contributed by atoms with E-state index in [1.165, 1.54) is 36.2 Å². The smallest absolute Gasteiger partial charge is 0.333 e. The first-order valence-electron chi connectivity index (χ1n) is 11.4. The molecule has 1 saturated carbocycles. The van der Waals surface area contributed by atoms with Gasteiger partial charge in [-0.05, 0) is 63.4 Å². The number of piperidine rings is 1. The highest BCUT2D eigenvalue weighted by molar-refractivity contribution is 7.83. The third kappa shape index (κ3) is 5.19. The number of benzene rings is 1. The average molecular weight is 447 g/mol. The molecule has 7 nitrogen and oxygen atoms in total. The maximum Gasteiger partial charge on any atom is 0.333 e. The highest BCUT2D eigenvalue weighted by Gasteiger charge is 2.42. The molecule has 2 fully saturated rings. The molecule has 2 aromatic rings. The fraction of sp³-hybridized carbons (Fsp3) is 0.609. The first-order valence-corrected chi connectivity index (χ1v) is 12.8. The summed E-state index contributed by atoms with van der Waals surface area (Å²) in [4.78, 5) is 7.20. The molecule has 0 radical (unpaired) electrons. The summed E-state index contributed by atoms with van der Waals surface area (Å²) in [5.74, 6) is 1.29. The number of aryl methyl sites for hydroxylation is 2. The maximum atomic E-state index is 10.3. The molecule has 1 aliphatic carbocycles. The van der Waals surface area contributed by atoms with Crippen molar-refractivity contribution < 1.29 is 13.0 Å². The van der Waals surface area contributed by atoms with Gasteiger partial charge in [0.25, 0.3) is 0 Å². The quantitative estimate of drug-likeness (QED) is 0.692. The summed E-state index contributed by atoms with van der Waals surface area (Å²) >= 11 is 0. The van der Waals surface area contributed by atoms with E-state index in [1.54, 1.807) is 0 Å². The molecule has 8 heteroatoms. The summed E-state index contributed by atoms with van der Waals surface area (Å²) in [6.45, 7) is 3.37. The lowest BCUT2D eigenvalue weighted by Gasteiger charge is -2.40. The topological polar surface area (TPSA) is 87.5 Å². The second kappa shape index (κ2) is 9.40. The van der Waals surface area contributed by atoms with Crippen LogP contribution in [0.4, 0.5) is 0 Å². The Bertz CT molecular complexity index is 974. The zero-order valence-corrected chi connectivity index (χ0v) is 19.1. The van der Waals surface area contributed by atoms with Gasteiger partial charge in [0.15, 0.2) is 0 Å². The number of imidazole rings is 1. The van der Waals surface area contributed by atoms with Crippen molar-refractivity contribution in [1.29, 1.82) is 0 Å². The number of nitrogens with one attached hydrogen (secondary N) is 1. The number of rotatable bonds is 2. The lowest BCUT2D eigenvalue weighted by Crippen LogP contribution is -2.43. The van der Waals surface area contributed by atoms with Crippen LogP contribution in [0.3, 0.4) is 0 Å². The molecular weight excluding hydrogens is 412 g/mol. The largest absolute Gasteiger partial charge is 0.334 e. The van der Waals surface area contributed by atoms with Crippen LogP contribution in [-0.2, 0) is 28.7 Å². The molecular formula is C23H34N4O3S. The summed E-state index contributed by atoms with van der Waals surface area (Å²) < 4.78 is 33.7. The first-order chi connectivity index (χ1) is 14.9. The van der Waals surface area contributed by atoms with Crippen LogP contribution in [0.5, 0.6) is 0 Å². The van der Waals surface area contributed by atoms with Crippen molar-refractivity contribution >= 4 is 10.3 Å². The summed E-state index contributed by atoms with van der Waals surface area (Å²) in [7, 11) is -1.75. The van der Waals surface area contributed by atoms with Crippen LogP contribution in [0.25, 0.3) is 0 Å². The minimum atomic E-state index is -3.97. The first kappa shape index (κ1) is 22.5. The summed E-state index contributed by atoms with van der Waals surface area (Å²) in [6, 6.07) is 8.97. The van der Waals surface area contributed by atoms with Gasteiger partial charge >= 0.3 is 10.3 Å². The van der Waals surface area contributed by atoms with Gasteiger partial charge in [0.2, 0.25) is 0 Å². The van der Waals surface area contributed by atoms with Gasteiger partial charge < -0.3 is 9.47 Å². The number of fused-ring (bicyclic) bond motifs is 4. The Hall–Kier alpha value is -1.74. The third-order valence-corrected chi connectivity index (χ3v) is 7.69. The Kier molecular flexibility index (Phi) is 6.81. The van der Waals surface area contributed by atoms with Gasteiger partial charge in [0.05, 0.1) is 5.41 Å². The van der Waals surface area contributed by atoms with E-state index >= 15 is 0 Å². The van der Waals surface area contributed by atoms with Gasteiger partial charge in [-0.25, -0.2) is 4.98 Å². The number of aromatic nitrogens is 2. The van der Waals surface area contributed by atoms with E-state index in [2.05, 4.69) is 51.7 Å². The van der Waals surface area contributed by atoms with Crippen LogP contribution in [0, 0.1) is 0 Å². The molecule has 5 rings (SSSR count). The maximum absolute atomic E-state index is 10.3. The van der Waals surface area contributed by atoms with Crippen molar-refractivity contribution in [1.82, 2.24) is 19.2 Å². The van der Waals surface area contributed by atoms with Crippen LogP contribution in [0.1, 0.15) is 61.9 Å². The highest BCUT2D eigenvalue weighted by Crippen LogP contribution is 2.43. The van der Waals surface area contributed by atoms with E-state index in [-0.39, 0.29) is 11.5 Å². The van der Waals surface area contributed by atoms with Crippen molar-refractivity contribution in [3.63, 3.8) is 0 Å². The second-order valence-corrected chi connectivity index (χ2v) is 10.4. The Morgan fingerprint density at radius 3 is 2.52 bits per heavy atom. The number of hydrogen-bond acceptors (Lipinski definition) is 4. The molecule has 31 heavy (non-hydrogen) atoms. The zero-order valence-electron chi connectivity index (χ0n) is 18.3. The van der Waals surface area contributed by atoms with E-state index < -0.39 is 10.3 Å². The van der Waals surface area contributed by atoms with Crippen LogP contribution in [0.15, 0.2) is 36.7 Å². The molecule has 1 aromatic heterocycles. The summed E-state index contributed by atoms with van der Waals surface area (Å²) in [5.41, 5.74) is 3.17. The molecule has 1 spiro atoms. The van der Waals surface area contributed by atoms with Gasteiger partial charge in [-0.3, -0.25) is 4.55 Å². The lowest BCUT2D eigenvalue weighted by molar-refractivity contribution is 0.205. The molecule has 0 bridgehead atoms. The summed E-state index contributed by atoms with van der Waals surface area (Å²) in [5, 5.41) is 0. The molecule has 0 atom stereocenters. The van der Waals surface area contributed by atoms with Gasteiger partial charge in [-0.2, -0.15) is 13.1 Å². The molecule has 170 valence electrons. The van der Waals surface area contributed by atoms with Gasteiger partial charge in [0.1, 0.15) is 5.82 Å². The van der Waals surface area contributed by atoms with Crippen molar-refractivity contribution in [2.75, 3.05) is 20.1 Å². The van der Waals surface area contributed by atoms with Crippen molar-refractivity contribution in [3.05, 3.63) is 53.6 Å². The Morgan fingerprint density at radius 2 is 1.81 bits per heavy atom. The minimum absolute atomic E-state index is 0.0428. The van der Waals surface area contributed by atoms with Gasteiger partial charge in [0, 0.05) is 25.0 Å². The van der Waals surface area contributed by atoms with E-state index in [4.69, 9.17) is 9.54 Å².